The van der Waals surface area contributed by atoms with Gasteiger partial charge >= 0.3 is 12.1 Å². The van der Waals surface area contributed by atoms with Crippen LogP contribution in [0.2, 0.25) is 0 Å². The van der Waals surface area contributed by atoms with Gasteiger partial charge in [0.2, 0.25) is 0 Å². The van der Waals surface area contributed by atoms with Crippen molar-refractivity contribution in [3.63, 3.8) is 0 Å². The van der Waals surface area contributed by atoms with Crippen LogP contribution in [-0.4, -0.2) is 23.5 Å². The molecule has 4 nitrogen and oxygen atoms in total. The first-order valence-corrected chi connectivity index (χ1v) is 6.85. The Morgan fingerprint density at radius 3 is 2.46 bits per heavy atom. The van der Waals surface area contributed by atoms with Gasteiger partial charge in [-0.15, -0.1) is 0 Å². The van der Waals surface area contributed by atoms with Crippen molar-refractivity contribution < 1.29 is 32.6 Å². The summed E-state index contributed by atoms with van der Waals surface area (Å²) in [4.78, 5) is 23.7. The third-order valence-electron chi connectivity index (χ3n) is 3.22. The lowest BCUT2D eigenvalue weighted by Crippen LogP contribution is -2.15. The van der Waals surface area contributed by atoms with Crippen molar-refractivity contribution in [2.75, 3.05) is 6.61 Å². The highest BCUT2D eigenvalue weighted by Crippen LogP contribution is 2.29. The minimum absolute atomic E-state index is 0.127. The van der Waals surface area contributed by atoms with Gasteiger partial charge in [-0.1, -0.05) is 18.2 Å². The van der Waals surface area contributed by atoms with Gasteiger partial charge in [0.15, 0.2) is 12.4 Å². The van der Waals surface area contributed by atoms with E-state index in [0.29, 0.717) is 6.07 Å². The Balaban J connectivity index is 2.07. The Bertz CT molecular complexity index is 782. The molecule has 0 saturated heterocycles. The van der Waals surface area contributed by atoms with E-state index < -0.39 is 30.1 Å². The number of hydrogen-bond acceptors (Lipinski definition) is 4. The fraction of sp³-hybridized carbons (Fsp3) is 0.176. The number of rotatable bonds is 4. The molecule has 0 amide bonds. The average Bonchev–Trinajstić information content (AvgIpc) is 2.51. The fourth-order valence-corrected chi connectivity index (χ4v) is 1.98. The van der Waals surface area contributed by atoms with Gasteiger partial charge in [0.05, 0.1) is 5.56 Å². The van der Waals surface area contributed by atoms with Crippen molar-refractivity contribution in [2.24, 2.45) is 0 Å². The second kappa shape index (κ2) is 6.74. The van der Waals surface area contributed by atoms with Gasteiger partial charge in [0.25, 0.3) is 0 Å². The molecule has 1 N–H and O–H groups in total. The van der Waals surface area contributed by atoms with Crippen LogP contribution in [0.1, 0.15) is 31.8 Å². The molecule has 2 aromatic carbocycles. The normalized spacial score (nSPS) is 11.2. The molecule has 0 bridgehead atoms. The molecule has 0 aromatic heterocycles. The zero-order valence-electron chi connectivity index (χ0n) is 12.6. The molecule has 0 saturated carbocycles. The van der Waals surface area contributed by atoms with Gasteiger partial charge in [-0.25, -0.2) is 4.79 Å². The molecule has 0 fully saturated rings. The smallest absolute Gasteiger partial charge is 0.416 e. The maximum absolute atomic E-state index is 12.6. The van der Waals surface area contributed by atoms with Crippen molar-refractivity contribution in [1.29, 1.82) is 0 Å². The van der Waals surface area contributed by atoms with E-state index in [1.54, 1.807) is 13.0 Å². The maximum atomic E-state index is 12.6. The van der Waals surface area contributed by atoms with Crippen LogP contribution in [-0.2, 0) is 10.9 Å². The number of phenols is 1. The Morgan fingerprint density at radius 1 is 1.12 bits per heavy atom. The van der Waals surface area contributed by atoms with E-state index in [4.69, 9.17) is 4.74 Å². The van der Waals surface area contributed by atoms with Crippen molar-refractivity contribution in [3.05, 3.63) is 64.7 Å². The van der Waals surface area contributed by atoms with E-state index in [9.17, 15) is 27.9 Å². The molecule has 0 aliphatic heterocycles. The molecule has 2 aromatic rings. The van der Waals surface area contributed by atoms with E-state index in [1.165, 1.54) is 18.2 Å². The van der Waals surface area contributed by atoms with E-state index in [0.717, 1.165) is 17.7 Å². The summed E-state index contributed by atoms with van der Waals surface area (Å²) in [6, 6.07) is 8.10. The van der Waals surface area contributed by atoms with Crippen LogP contribution in [0.3, 0.4) is 0 Å². The number of aryl methyl sites for hydroxylation is 1. The number of ketones is 1. The highest BCUT2D eigenvalue weighted by molar-refractivity contribution is 6.00. The van der Waals surface area contributed by atoms with E-state index >= 15 is 0 Å². The summed E-state index contributed by atoms with van der Waals surface area (Å²) in [5, 5.41) is 9.66. The first kappa shape index (κ1) is 17.5. The molecule has 0 heterocycles. The van der Waals surface area contributed by atoms with Gasteiger partial charge in [-0.05, 0) is 36.8 Å². The second-order valence-corrected chi connectivity index (χ2v) is 5.10. The van der Waals surface area contributed by atoms with Gasteiger partial charge < -0.3 is 9.84 Å². The van der Waals surface area contributed by atoms with Crippen LogP contribution in [0.15, 0.2) is 42.5 Å². The van der Waals surface area contributed by atoms with E-state index in [1.807, 2.05) is 0 Å². The number of Topliss-reactive ketones (excluding diaryl/α,β-unsaturated/α-hetero) is 1. The fourth-order valence-electron chi connectivity index (χ4n) is 1.98. The number of hydrogen-bond donors (Lipinski definition) is 1. The molecular weight excluding hydrogens is 325 g/mol. The molecule has 0 radical (unpaired) electrons. The monoisotopic (exact) mass is 338 g/mol. The molecule has 0 unspecified atom stereocenters. The van der Waals surface area contributed by atoms with Gasteiger partial charge in [-0.2, -0.15) is 13.2 Å². The quantitative estimate of drug-likeness (QED) is 0.681. The van der Waals surface area contributed by atoms with Crippen molar-refractivity contribution in [3.8, 4) is 5.75 Å². The van der Waals surface area contributed by atoms with Crippen LogP contribution >= 0.6 is 0 Å². The zero-order valence-corrected chi connectivity index (χ0v) is 12.6. The summed E-state index contributed by atoms with van der Waals surface area (Å²) in [5.74, 6) is -2.01. The Kier molecular flexibility index (Phi) is 4.92. The Labute approximate surface area is 135 Å². The van der Waals surface area contributed by atoms with E-state index in [2.05, 4.69) is 0 Å². The van der Waals surface area contributed by atoms with Crippen molar-refractivity contribution >= 4 is 11.8 Å². The minimum Gasteiger partial charge on any atom is -0.507 e. The first-order chi connectivity index (χ1) is 11.2. The Morgan fingerprint density at radius 2 is 1.83 bits per heavy atom. The molecule has 0 spiro atoms. The van der Waals surface area contributed by atoms with Gasteiger partial charge in [0, 0.05) is 5.56 Å². The van der Waals surface area contributed by atoms with Crippen LogP contribution in [0, 0.1) is 6.92 Å². The summed E-state index contributed by atoms with van der Waals surface area (Å²) in [6.07, 6.45) is -4.57. The number of aromatic hydroxyl groups is 1. The summed E-state index contributed by atoms with van der Waals surface area (Å²) in [7, 11) is 0. The second-order valence-electron chi connectivity index (χ2n) is 5.10. The van der Waals surface area contributed by atoms with Crippen LogP contribution in [0.4, 0.5) is 13.2 Å². The summed E-state index contributed by atoms with van der Waals surface area (Å²) in [6.45, 7) is 0.986. The number of alkyl halides is 3. The van der Waals surface area contributed by atoms with Gasteiger partial charge in [-0.3, -0.25) is 4.79 Å². The number of ether oxygens (including phenoxy) is 1. The maximum Gasteiger partial charge on any atom is 0.416 e. The largest absolute Gasteiger partial charge is 0.507 e. The summed E-state index contributed by atoms with van der Waals surface area (Å²) in [5.41, 5.74) is -0.580. The van der Waals surface area contributed by atoms with Gasteiger partial charge in [0.1, 0.15) is 11.3 Å². The molecular formula is C17H13F3O4. The molecule has 24 heavy (non-hydrogen) atoms. The number of carbonyl (C=O) groups is 2. The lowest BCUT2D eigenvalue weighted by Gasteiger charge is -2.09. The Hall–Kier alpha value is -2.83. The standard InChI is InChI=1S/C17H13F3O4/c1-10-5-6-13(14(21)7-10)16(23)24-9-15(22)11-3-2-4-12(8-11)17(18,19)20/h2-8,21H,9H2,1H3. The third-order valence-corrected chi connectivity index (χ3v) is 3.22. The third kappa shape index (κ3) is 4.13. The molecule has 0 aliphatic carbocycles. The lowest BCUT2D eigenvalue weighted by molar-refractivity contribution is -0.137. The zero-order chi connectivity index (χ0) is 17.9. The molecule has 126 valence electrons. The van der Waals surface area contributed by atoms with E-state index in [-0.39, 0.29) is 16.9 Å². The van der Waals surface area contributed by atoms with Crippen LogP contribution < -0.4 is 0 Å². The van der Waals surface area contributed by atoms with Crippen LogP contribution in [0.5, 0.6) is 5.75 Å². The number of carbonyl (C=O) groups excluding carboxylic acids is 2. The first-order valence-electron chi connectivity index (χ1n) is 6.85. The number of esters is 1. The topological polar surface area (TPSA) is 63.6 Å². The van der Waals surface area contributed by atoms with Crippen molar-refractivity contribution in [1.82, 2.24) is 0 Å². The average molecular weight is 338 g/mol. The lowest BCUT2D eigenvalue weighted by atomic mass is 10.1. The molecule has 7 heteroatoms. The number of benzene rings is 2. The van der Waals surface area contributed by atoms with Crippen molar-refractivity contribution in [2.45, 2.75) is 13.1 Å². The SMILES string of the molecule is Cc1ccc(C(=O)OCC(=O)c2cccc(C(F)(F)F)c2)c(O)c1. The summed E-state index contributed by atoms with van der Waals surface area (Å²) >= 11 is 0. The number of halogens is 3. The minimum atomic E-state index is -4.57. The molecule has 0 atom stereocenters. The molecule has 0 aliphatic rings. The molecule has 2 rings (SSSR count). The summed E-state index contributed by atoms with van der Waals surface area (Å²) < 4.78 is 42.6. The highest BCUT2D eigenvalue weighted by atomic mass is 19.4. The predicted molar refractivity (Wildman–Crippen MR) is 78.9 cm³/mol. The van der Waals surface area contributed by atoms with Crippen LogP contribution in [0.25, 0.3) is 0 Å². The predicted octanol–water partition coefficient (Wildman–Crippen LogP) is 3.76. The highest BCUT2D eigenvalue weighted by Gasteiger charge is 2.31. The number of phenolic OH excluding ortho intramolecular Hbond substituents is 1.